The van der Waals surface area contributed by atoms with Gasteiger partial charge < -0.3 is 21.1 Å². The van der Waals surface area contributed by atoms with E-state index in [-0.39, 0.29) is 17.3 Å². The highest BCUT2D eigenvalue weighted by molar-refractivity contribution is 5.73. The molecule has 2 fully saturated rings. The lowest BCUT2D eigenvalue weighted by Crippen LogP contribution is -2.49. The van der Waals surface area contributed by atoms with Crippen LogP contribution < -0.4 is 16.2 Å². The van der Waals surface area contributed by atoms with E-state index in [1.54, 1.807) is 5.57 Å². The van der Waals surface area contributed by atoms with Crippen LogP contribution in [0.5, 0.6) is 5.75 Å². The molecule has 0 saturated heterocycles. The minimum absolute atomic E-state index is 0.0813. The van der Waals surface area contributed by atoms with Crippen molar-refractivity contribution in [1.82, 2.24) is 0 Å². The number of aliphatic hydroxyl groups excluding tert-OH is 1. The number of carboxylic acid groups (broad SMARTS) is 1. The number of allylic oxidation sites excluding steroid dienone is 3. The minimum atomic E-state index is -0.730. The first-order chi connectivity index (χ1) is 26.8. The van der Waals surface area contributed by atoms with Gasteiger partial charge in [-0.25, -0.2) is 0 Å². The molecule has 0 aliphatic heterocycles. The number of phenols is 1. The smallest absolute Gasteiger partial charge is 0.307 e. The van der Waals surface area contributed by atoms with E-state index in [1.807, 2.05) is 30.3 Å². The van der Waals surface area contributed by atoms with Crippen molar-refractivity contribution >= 4 is 17.8 Å². The van der Waals surface area contributed by atoms with Crippen molar-refractivity contribution in [3.05, 3.63) is 123 Å². The molecule has 6 aliphatic carbocycles. The number of rotatable bonds is 11. The summed E-state index contributed by atoms with van der Waals surface area (Å²) < 4.78 is 0. The fourth-order valence-corrected chi connectivity index (χ4v) is 12.0. The van der Waals surface area contributed by atoms with Crippen LogP contribution in [0.1, 0.15) is 119 Å². The van der Waals surface area contributed by atoms with Crippen molar-refractivity contribution in [2.24, 2.45) is 35.3 Å². The molecule has 3 aromatic rings. The first-order valence-electron chi connectivity index (χ1n) is 21.5. The largest absolute Gasteiger partial charge is 0.511 e. The summed E-state index contributed by atoms with van der Waals surface area (Å²) in [6, 6.07) is 25.1. The highest BCUT2D eigenvalue weighted by atomic mass is 16.4. The lowest BCUT2D eigenvalue weighted by atomic mass is 9.54. The predicted octanol–water partition coefficient (Wildman–Crippen LogP) is 9.54. The van der Waals surface area contributed by atoms with Crippen LogP contribution in [-0.4, -0.2) is 27.8 Å². The van der Waals surface area contributed by atoms with Gasteiger partial charge in [0, 0.05) is 22.0 Å². The van der Waals surface area contributed by atoms with Crippen LogP contribution in [0.3, 0.4) is 0 Å². The van der Waals surface area contributed by atoms with Crippen LogP contribution in [0, 0.1) is 29.6 Å². The number of benzene rings is 3. The molecule has 5 heteroatoms. The fraction of sp³-hybridized carbons (Fsp3) is 0.500. The molecule has 0 aromatic heterocycles. The molecule has 3 aromatic carbocycles. The fourth-order valence-electron chi connectivity index (χ4n) is 12.0. The third-order valence-electron chi connectivity index (χ3n) is 14.9. The van der Waals surface area contributed by atoms with Gasteiger partial charge in [-0.15, -0.1) is 0 Å². The number of carboxylic acids is 1. The Morgan fingerprint density at radius 2 is 1.64 bits per heavy atom. The second kappa shape index (κ2) is 16.2. The zero-order valence-electron chi connectivity index (χ0n) is 32.6. The number of phenolic OH excluding ortho intramolecular Hbond substituents is 1. The lowest BCUT2D eigenvalue weighted by Gasteiger charge is -2.49. The van der Waals surface area contributed by atoms with Crippen LogP contribution >= 0.6 is 0 Å². The second-order valence-corrected chi connectivity index (χ2v) is 17.9. The van der Waals surface area contributed by atoms with Crippen LogP contribution in [0.4, 0.5) is 0 Å². The van der Waals surface area contributed by atoms with Gasteiger partial charge in [0.05, 0.1) is 5.92 Å². The zero-order chi connectivity index (χ0) is 38.0. The molecule has 7 atom stereocenters. The molecule has 55 heavy (non-hydrogen) atoms. The molecular weight excluding hydrogens is 679 g/mol. The third-order valence-corrected chi connectivity index (χ3v) is 14.9. The summed E-state index contributed by atoms with van der Waals surface area (Å²) in [6.07, 6.45) is 24.8. The number of aromatic hydroxyl groups is 1. The van der Waals surface area contributed by atoms with Gasteiger partial charge in [-0.05, 0) is 142 Å². The zero-order valence-corrected chi connectivity index (χ0v) is 32.6. The molecule has 9 rings (SSSR count). The van der Waals surface area contributed by atoms with Gasteiger partial charge >= 0.3 is 5.97 Å². The van der Waals surface area contributed by atoms with E-state index in [2.05, 4.69) is 60.7 Å². The van der Waals surface area contributed by atoms with E-state index in [0.717, 1.165) is 79.8 Å². The van der Waals surface area contributed by atoms with E-state index in [0.29, 0.717) is 30.3 Å². The standard InChI is InChI=1S/C50H61NO4/c51-27-24-36-15-14-34(28-36)8-3-1-2-4-11-41-29-35-16-21-46(48(54)55)50(26-23-39-31-38-10-5-6-13-44(38)47(53)45(39)33-50)42-12-7-9-37(30-42)32-49(41,25-22-35)40-17-19-43(52)20-18-40/h5-7,9-10,12-13,16-20,28,30-31,34,39,41,45-46,52-53H,1-4,8,11,14-15,21-27,29,32-33,51H2,(H,54,55)/b35-16-/t34-,39+,41+,45+,46+,49+,50+/m0/s1. The summed E-state index contributed by atoms with van der Waals surface area (Å²) in [5, 5.41) is 35.2. The Morgan fingerprint density at radius 1 is 0.818 bits per heavy atom. The number of unbranched alkanes of at least 4 members (excludes halogenated alkanes) is 3. The van der Waals surface area contributed by atoms with Crippen LogP contribution in [0.15, 0.2) is 96.1 Å². The monoisotopic (exact) mass is 739 g/mol. The maximum atomic E-state index is 13.5. The van der Waals surface area contributed by atoms with E-state index < -0.39 is 17.3 Å². The Labute approximate surface area is 327 Å². The highest BCUT2D eigenvalue weighted by Gasteiger charge is 2.51. The number of fused-ring (bicyclic) bond motifs is 6. The van der Waals surface area contributed by atoms with Gasteiger partial charge in [0.2, 0.25) is 0 Å². The highest BCUT2D eigenvalue weighted by Crippen LogP contribution is 2.55. The Kier molecular flexibility index (Phi) is 11.1. The van der Waals surface area contributed by atoms with Gasteiger partial charge in [-0.3, -0.25) is 4.79 Å². The van der Waals surface area contributed by atoms with Crippen LogP contribution in [0.25, 0.3) is 11.8 Å². The van der Waals surface area contributed by atoms with Gasteiger partial charge in [-0.2, -0.15) is 0 Å². The lowest BCUT2D eigenvalue weighted by molar-refractivity contribution is -0.145. The van der Waals surface area contributed by atoms with Gasteiger partial charge in [-0.1, -0.05) is 116 Å². The number of aliphatic carboxylic acids is 1. The van der Waals surface area contributed by atoms with Crippen molar-refractivity contribution in [3.63, 3.8) is 0 Å². The number of hydrogen-bond donors (Lipinski definition) is 4. The maximum Gasteiger partial charge on any atom is 0.307 e. The number of hydrogen-bond acceptors (Lipinski definition) is 4. The average molecular weight is 740 g/mol. The van der Waals surface area contributed by atoms with Crippen molar-refractivity contribution in [1.29, 1.82) is 0 Å². The first-order valence-corrected chi connectivity index (χ1v) is 21.5. The second-order valence-electron chi connectivity index (χ2n) is 17.9. The summed E-state index contributed by atoms with van der Waals surface area (Å²) >= 11 is 0. The summed E-state index contributed by atoms with van der Waals surface area (Å²) in [7, 11) is 0. The van der Waals surface area contributed by atoms with Gasteiger partial charge in [0.15, 0.2) is 0 Å². The Hall–Kier alpha value is -4.09. The topological polar surface area (TPSA) is 104 Å². The maximum absolute atomic E-state index is 13.5. The van der Waals surface area contributed by atoms with Crippen molar-refractivity contribution in [3.8, 4) is 5.75 Å². The van der Waals surface area contributed by atoms with Gasteiger partial charge in [0.1, 0.15) is 11.5 Å². The first kappa shape index (κ1) is 37.8. The molecule has 5 nitrogen and oxygen atoms in total. The Bertz CT molecular complexity index is 2050. The van der Waals surface area contributed by atoms with E-state index in [9.17, 15) is 20.1 Å². The Balaban J connectivity index is 1.10. The molecular formula is C50H61NO4. The SMILES string of the molecule is NCCC1=C[C@@H](CCCCCC[C@@H]2C/C3=C\C[C@H](C(=O)O)[C@@]4(CC[C@@H]5C=c6ccccc6=C(O)[C@@H]5C4)c4cccc(c4)C[C@@]2(c2ccc(O)cc2)CC3)CC1. The van der Waals surface area contributed by atoms with Crippen LogP contribution in [0.2, 0.25) is 0 Å². The normalized spacial score (nSPS) is 30.9. The number of carbonyl (C=O) groups is 1. The number of aliphatic hydroxyl groups is 1. The molecule has 0 amide bonds. The average Bonchev–Trinajstić information content (AvgIpc) is 3.64. The molecule has 6 aliphatic rings. The van der Waals surface area contributed by atoms with E-state index >= 15 is 0 Å². The molecule has 0 radical (unpaired) electrons. The molecule has 0 unspecified atom stereocenters. The molecule has 2 saturated carbocycles. The minimum Gasteiger partial charge on any atom is -0.511 e. The van der Waals surface area contributed by atoms with E-state index in [1.165, 1.54) is 61.6 Å². The van der Waals surface area contributed by atoms with Crippen molar-refractivity contribution in [2.45, 2.75) is 120 Å². The molecule has 1 spiro atoms. The summed E-state index contributed by atoms with van der Waals surface area (Å²) in [5.74, 6) is 0.657. The predicted molar refractivity (Wildman–Crippen MR) is 222 cm³/mol. The summed E-state index contributed by atoms with van der Waals surface area (Å²) in [6.45, 7) is 0.758. The Morgan fingerprint density at radius 3 is 2.45 bits per heavy atom. The summed E-state index contributed by atoms with van der Waals surface area (Å²) in [5.41, 5.74) is 11.8. The summed E-state index contributed by atoms with van der Waals surface area (Å²) in [4.78, 5) is 13.5. The third kappa shape index (κ3) is 7.58. The van der Waals surface area contributed by atoms with Gasteiger partial charge in [0.25, 0.3) is 0 Å². The molecule has 290 valence electrons. The quantitative estimate of drug-likeness (QED) is 0.116. The van der Waals surface area contributed by atoms with E-state index in [4.69, 9.17) is 5.73 Å². The van der Waals surface area contributed by atoms with Crippen molar-refractivity contribution < 1.29 is 20.1 Å². The molecule has 5 N–H and O–H groups in total. The molecule has 4 bridgehead atoms. The van der Waals surface area contributed by atoms with Crippen LogP contribution in [-0.2, 0) is 22.0 Å². The number of nitrogens with two attached hydrogens (primary N) is 1. The molecule has 0 heterocycles. The van der Waals surface area contributed by atoms with Crippen molar-refractivity contribution in [2.75, 3.05) is 6.54 Å².